The van der Waals surface area contributed by atoms with Crippen molar-refractivity contribution in [3.63, 3.8) is 0 Å². The molecule has 0 radical (unpaired) electrons. The lowest BCUT2D eigenvalue weighted by Gasteiger charge is -2.26. The first-order valence-corrected chi connectivity index (χ1v) is 9.24. The average molecular weight is 357 g/mol. The highest BCUT2D eigenvalue weighted by Crippen LogP contribution is 2.15. The maximum absolute atomic E-state index is 12.8. The quantitative estimate of drug-likeness (QED) is 0.751. The van der Waals surface area contributed by atoms with E-state index in [1.807, 2.05) is 42.5 Å². The molecular weight excluding hydrogens is 330 g/mol. The number of nitrogens with zero attached hydrogens (tertiary/aromatic N) is 3. The summed E-state index contributed by atoms with van der Waals surface area (Å²) < 4.78 is 5.70. The normalized spacial score (nSPS) is 20.3. The first kappa shape index (κ1) is 18.5. The summed E-state index contributed by atoms with van der Waals surface area (Å²) in [5.74, 6) is -0.0261. The number of benzene rings is 1. The number of amides is 3. The van der Waals surface area contributed by atoms with E-state index in [1.165, 1.54) is 0 Å². The van der Waals surface area contributed by atoms with Crippen LogP contribution in [0.1, 0.15) is 18.4 Å². The molecule has 0 aromatic heterocycles. The van der Waals surface area contributed by atoms with Crippen LogP contribution >= 0.6 is 0 Å². The average Bonchev–Trinajstić information content (AvgIpc) is 3.27. The Balaban J connectivity index is 1.61. The molecule has 1 unspecified atom stereocenters. The number of rotatable bonds is 7. The highest BCUT2D eigenvalue weighted by atomic mass is 16.5. The van der Waals surface area contributed by atoms with Crippen LogP contribution in [0.5, 0.6) is 0 Å². The largest absolute Gasteiger partial charge is 0.376 e. The Bertz CT molecular complexity index is 641. The molecule has 2 aliphatic rings. The lowest BCUT2D eigenvalue weighted by atomic mass is 10.2. The van der Waals surface area contributed by atoms with Crippen LogP contribution in [0.4, 0.5) is 4.79 Å². The maximum Gasteiger partial charge on any atom is 0.320 e. The predicted octanol–water partition coefficient (Wildman–Crippen LogP) is 2.07. The number of ether oxygens (including phenoxy) is 1. The van der Waals surface area contributed by atoms with Crippen molar-refractivity contribution in [2.75, 3.05) is 46.4 Å². The fourth-order valence-electron chi connectivity index (χ4n) is 3.31. The molecule has 3 rings (SSSR count). The van der Waals surface area contributed by atoms with E-state index in [4.69, 9.17) is 4.74 Å². The van der Waals surface area contributed by atoms with Crippen molar-refractivity contribution in [1.29, 1.82) is 0 Å². The molecule has 1 aromatic rings. The number of urea groups is 1. The summed E-state index contributed by atoms with van der Waals surface area (Å²) in [5, 5.41) is 0. The molecule has 0 bridgehead atoms. The molecule has 2 fully saturated rings. The summed E-state index contributed by atoms with van der Waals surface area (Å²) in [6, 6.07) is 9.95. The van der Waals surface area contributed by atoms with Crippen LogP contribution in [0.2, 0.25) is 0 Å². The van der Waals surface area contributed by atoms with Gasteiger partial charge in [0.15, 0.2) is 0 Å². The molecule has 0 spiro atoms. The van der Waals surface area contributed by atoms with Gasteiger partial charge < -0.3 is 19.4 Å². The third kappa shape index (κ3) is 4.85. The van der Waals surface area contributed by atoms with Gasteiger partial charge in [0.1, 0.15) is 6.54 Å². The zero-order valence-electron chi connectivity index (χ0n) is 15.3. The van der Waals surface area contributed by atoms with Crippen LogP contribution in [0.15, 0.2) is 36.4 Å². The Labute approximate surface area is 155 Å². The predicted molar refractivity (Wildman–Crippen MR) is 101 cm³/mol. The Hall–Kier alpha value is -2.34. The minimum atomic E-state index is -0.0738. The van der Waals surface area contributed by atoms with Gasteiger partial charge in [-0.05, 0) is 18.4 Å². The first-order chi connectivity index (χ1) is 12.6. The number of carbonyl (C=O) groups is 2. The third-order valence-corrected chi connectivity index (χ3v) is 4.86. The van der Waals surface area contributed by atoms with Crippen molar-refractivity contribution < 1.29 is 14.3 Å². The Morgan fingerprint density at radius 2 is 2.12 bits per heavy atom. The van der Waals surface area contributed by atoms with Gasteiger partial charge in [0.2, 0.25) is 5.91 Å². The fourth-order valence-corrected chi connectivity index (χ4v) is 3.31. The molecule has 0 aliphatic carbocycles. The van der Waals surface area contributed by atoms with Gasteiger partial charge in [-0.2, -0.15) is 0 Å². The molecule has 2 saturated heterocycles. The van der Waals surface area contributed by atoms with Crippen LogP contribution in [0.3, 0.4) is 0 Å². The van der Waals surface area contributed by atoms with Crippen LogP contribution in [0, 0.1) is 0 Å². The molecule has 6 heteroatoms. The molecule has 3 amide bonds. The highest BCUT2D eigenvalue weighted by molar-refractivity contribution is 5.85. The summed E-state index contributed by atoms with van der Waals surface area (Å²) in [7, 11) is 1.76. The second-order valence-electron chi connectivity index (χ2n) is 6.87. The minimum absolute atomic E-state index is 0.0261. The van der Waals surface area contributed by atoms with Gasteiger partial charge in [-0.3, -0.25) is 4.79 Å². The van der Waals surface area contributed by atoms with Crippen molar-refractivity contribution >= 4 is 18.0 Å². The van der Waals surface area contributed by atoms with E-state index in [9.17, 15) is 9.59 Å². The van der Waals surface area contributed by atoms with Gasteiger partial charge >= 0.3 is 6.03 Å². The van der Waals surface area contributed by atoms with Gasteiger partial charge in [0.25, 0.3) is 0 Å². The Morgan fingerprint density at radius 1 is 1.31 bits per heavy atom. The zero-order valence-corrected chi connectivity index (χ0v) is 15.3. The zero-order chi connectivity index (χ0) is 18.4. The van der Waals surface area contributed by atoms with Crippen molar-refractivity contribution in [2.24, 2.45) is 0 Å². The molecule has 2 aliphatic heterocycles. The van der Waals surface area contributed by atoms with Gasteiger partial charge in [0.05, 0.1) is 6.10 Å². The van der Waals surface area contributed by atoms with Gasteiger partial charge in [0, 0.05) is 39.8 Å². The highest BCUT2D eigenvalue weighted by Gasteiger charge is 2.29. The summed E-state index contributed by atoms with van der Waals surface area (Å²) in [5.41, 5.74) is 1.10. The Kier molecular flexibility index (Phi) is 6.28. The fraction of sp³-hybridized carbons (Fsp3) is 0.500. The van der Waals surface area contributed by atoms with Gasteiger partial charge in [-0.25, -0.2) is 4.79 Å². The monoisotopic (exact) mass is 357 g/mol. The maximum atomic E-state index is 12.8. The molecule has 2 heterocycles. The van der Waals surface area contributed by atoms with Crippen molar-refractivity contribution in [1.82, 2.24) is 14.7 Å². The lowest BCUT2D eigenvalue weighted by Crippen LogP contribution is -2.44. The lowest BCUT2D eigenvalue weighted by molar-refractivity contribution is -0.132. The second-order valence-corrected chi connectivity index (χ2v) is 6.87. The van der Waals surface area contributed by atoms with Gasteiger partial charge in [-0.15, -0.1) is 0 Å². The molecular formula is C20H27N3O3. The van der Waals surface area contributed by atoms with Crippen LogP contribution in [0.25, 0.3) is 6.08 Å². The van der Waals surface area contributed by atoms with Gasteiger partial charge in [-0.1, -0.05) is 42.5 Å². The van der Waals surface area contributed by atoms with E-state index < -0.39 is 0 Å². The van der Waals surface area contributed by atoms with Crippen LogP contribution in [-0.2, 0) is 9.53 Å². The minimum Gasteiger partial charge on any atom is -0.376 e. The van der Waals surface area contributed by atoms with E-state index >= 15 is 0 Å². The van der Waals surface area contributed by atoms with Crippen molar-refractivity contribution in [3.05, 3.63) is 42.0 Å². The number of likely N-dealkylation sites (N-methyl/N-ethyl adjacent to an activating group) is 1. The van der Waals surface area contributed by atoms with Crippen molar-refractivity contribution in [3.8, 4) is 0 Å². The SMILES string of the molecule is CN1CCN(CC(=O)N(C/C=C/c2ccccc2)CC2CCCO2)C1=O. The van der Waals surface area contributed by atoms with Crippen LogP contribution < -0.4 is 0 Å². The first-order valence-electron chi connectivity index (χ1n) is 9.24. The van der Waals surface area contributed by atoms with E-state index in [0.717, 1.165) is 25.0 Å². The van der Waals surface area contributed by atoms with E-state index in [2.05, 4.69) is 0 Å². The summed E-state index contributed by atoms with van der Waals surface area (Å²) in [6.45, 7) is 3.28. The molecule has 140 valence electrons. The molecule has 26 heavy (non-hydrogen) atoms. The Morgan fingerprint density at radius 3 is 2.77 bits per heavy atom. The third-order valence-electron chi connectivity index (χ3n) is 4.86. The number of carbonyl (C=O) groups excluding carboxylic acids is 2. The smallest absolute Gasteiger partial charge is 0.320 e. The second kappa shape index (κ2) is 8.85. The topological polar surface area (TPSA) is 53.1 Å². The van der Waals surface area contributed by atoms with Crippen molar-refractivity contribution in [2.45, 2.75) is 18.9 Å². The number of hydrogen-bond donors (Lipinski definition) is 0. The summed E-state index contributed by atoms with van der Waals surface area (Å²) in [6.07, 6.45) is 6.14. The standard InChI is InChI=1S/C20H27N3O3/c1-21-12-13-23(20(21)25)16-19(24)22(15-18-10-6-14-26-18)11-5-9-17-7-3-2-4-8-17/h2-5,7-9,18H,6,10-16H2,1H3/b9-5+. The molecule has 1 atom stereocenters. The van der Waals surface area contributed by atoms with E-state index in [1.54, 1.807) is 21.7 Å². The summed E-state index contributed by atoms with van der Waals surface area (Å²) >= 11 is 0. The molecule has 6 nitrogen and oxygen atoms in total. The van der Waals surface area contributed by atoms with Crippen LogP contribution in [-0.4, -0.2) is 79.1 Å². The van der Waals surface area contributed by atoms with E-state index in [0.29, 0.717) is 26.2 Å². The number of hydrogen-bond acceptors (Lipinski definition) is 3. The molecule has 0 saturated carbocycles. The van der Waals surface area contributed by atoms with E-state index in [-0.39, 0.29) is 24.6 Å². The molecule has 0 N–H and O–H groups in total. The summed E-state index contributed by atoms with van der Waals surface area (Å²) in [4.78, 5) is 29.9. The molecule has 1 aromatic carbocycles.